The lowest BCUT2D eigenvalue weighted by atomic mass is 10.1. The summed E-state index contributed by atoms with van der Waals surface area (Å²) in [6, 6.07) is 19.0. The number of carbonyl (C=O) groups excluding carboxylic acids is 4. The normalized spacial score (nSPS) is 14.1. The number of carbonyl (C=O) groups is 4. The lowest BCUT2D eigenvalue weighted by Crippen LogP contribution is -2.36. The van der Waals surface area contributed by atoms with Crippen LogP contribution in [0.1, 0.15) is 15.9 Å². The Morgan fingerprint density at radius 3 is 2.43 bits per heavy atom. The van der Waals surface area contributed by atoms with Gasteiger partial charge in [0.05, 0.1) is 17.6 Å². The fraction of sp³-hybridized carbons (Fsp3) is 0.0769. The van der Waals surface area contributed by atoms with Gasteiger partial charge in [0, 0.05) is 12.8 Å². The average molecular weight is 740 g/mol. The van der Waals surface area contributed by atoms with E-state index >= 15 is 0 Å². The number of imide groups is 1. The summed E-state index contributed by atoms with van der Waals surface area (Å²) >= 11 is 4.95. The van der Waals surface area contributed by atoms with Crippen molar-refractivity contribution in [3.8, 4) is 11.5 Å². The number of hydrogen-bond acceptors (Lipinski definition) is 7. The Labute approximate surface area is 244 Å². The van der Waals surface area contributed by atoms with E-state index in [4.69, 9.17) is 9.47 Å². The highest BCUT2D eigenvalue weighted by Gasteiger charge is 2.36. The van der Waals surface area contributed by atoms with Crippen LogP contribution in [0.3, 0.4) is 0 Å². The standard InChI is InChI=1S/C26H18I2N2O6S/c1-35-21-12-15(6-11-20(21)36-25(33)18-4-2-3-5-19(18)28)13-22-24(32)30(26(34)37-22)14-23(31)29-17-9-7-16(27)8-10-17/h2-13H,14H2,1H3,(H,29,31)/b22-13-. The van der Waals surface area contributed by atoms with Gasteiger partial charge in [-0.1, -0.05) is 18.2 Å². The Hall–Kier alpha value is -2.91. The molecule has 0 aromatic heterocycles. The van der Waals surface area contributed by atoms with Gasteiger partial charge >= 0.3 is 5.97 Å². The van der Waals surface area contributed by atoms with E-state index in [2.05, 4.69) is 50.5 Å². The molecule has 3 aromatic carbocycles. The van der Waals surface area contributed by atoms with E-state index in [-0.39, 0.29) is 16.4 Å². The topological polar surface area (TPSA) is 102 Å². The Kier molecular flexibility index (Phi) is 8.87. The van der Waals surface area contributed by atoms with Crippen molar-refractivity contribution in [2.75, 3.05) is 19.0 Å². The third-order valence-electron chi connectivity index (χ3n) is 5.09. The summed E-state index contributed by atoms with van der Waals surface area (Å²) in [7, 11) is 1.43. The first-order chi connectivity index (χ1) is 17.7. The van der Waals surface area contributed by atoms with Crippen molar-refractivity contribution in [1.82, 2.24) is 4.90 Å². The van der Waals surface area contributed by atoms with Crippen LogP contribution in [0, 0.1) is 7.14 Å². The van der Waals surface area contributed by atoms with Crippen LogP contribution in [0.15, 0.2) is 71.6 Å². The van der Waals surface area contributed by atoms with Crippen molar-refractivity contribution in [1.29, 1.82) is 0 Å². The molecule has 1 fully saturated rings. The highest BCUT2D eigenvalue weighted by molar-refractivity contribution is 14.1. The molecule has 0 spiro atoms. The van der Waals surface area contributed by atoms with Crippen LogP contribution < -0.4 is 14.8 Å². The molecule has 0 radical (unpaired) electrons. The van der Waals surface area contributed by atoms with Crippen LogP contribution in [0.5, 0.6) is 11.5 Å². The minimum absolute atomic E-state index is 0.165. The van der Waals surface area contributed by atoms with E-state index in [0.29, 0.717) is 16.8 Å². The zero-order valence-corrected chi connectivity index (χ0v) is 24.3. The van der Waals surface area contributed by atoms with Crippen molar-refractivity contribution in [2.24, 2.45) is 0 Å². The number of methoxy groups -OCH3 is 1. The second kappa shape index (κ2) is 12.1. The number of esters is 1. The molecule has 11 heteroatoms. The molecule has 1 aliphatic heterocycles. The number of benzene rings is 3. The van der Waals surface area contributed by atoms with Gasteiger partial charge in [0.15, 0.2) is 11.5 Å². The molecule has 3 aromatic rings. The van der Waals surface area contributed by atoms with Gasteiger partial charge in [-0.3, -0.25) is 19.3 Å². The lowest BCUT2D eigenvalue weighted by molar-refractivity contribution is -0.127. The van der Waals surface area contributed by atoms with Crippen LogP contribution in [0.25, 0.3) is 6.08 Å². The largest absolute Gasteiger partial charge is 0.493 e. The zero-order valence-electron chi connectivity index (χ0n) is 19.2. The summed E-state index contributed by atoms with van der Waals surface area (Å²) in [4.78, 5) is 51.3. The molecule has 0 saturated carbocycles. The first kappa shape index (κ1) is 27.1. The molecule has 1 N–H and O–H groups in total. The fourth-order valence-corrected chi connectivity index (χ4v) is 5.11. The minimum atomic E-state index is -0.569. The van der Waals surface area contributed by atoms with Crippen LogP contribution in [0.2, 0.25) is 0 Å². The quantitative estimate of drug-likeness (QED) is 0.142. The van der Waals surface area contributed by atoms with Gasteiger partial charge in [-0.15, -0.1) is 0 Å². The van der Waals surface area contributed by atoms with Gasteiger partial charge in [-0.2, -0.15) is 0 Å². The number of nitrogens with zero attached hydrogens (tertiary/aromatic N) is 1. The maximum atomic E-state index is 12.8. The second-order valence-corrected chi connectivity index (χ2v) is 11.0. The van der Waals surface area contributed by atoms with Crippen LogP contribution in [-0.4, -0.2) is 41.6 Å². The zero-order chi connectivity index (χ0) is 26.5. The smallest absolute Gasteiger partial charge is 0.344 e. The number of halogens is 2. The Bertz CT molecular complexity index is 1420. The van der Waals surface area contributed by atoms with E-state index in [0.717, 1.165) is 23.8 Å². The van der Waals surface area contributed by atoms with Crippen molar-refractivity contribution < 1.29 is 28.7 Å². The van der Waals surface area contributed by atoms with E-state index < -0.39 is 29.6 Å². The molecule has 8 nitrogen and oxygen atoms in total. The number of amides is 3. The molecule has 1 heterocycles. The molecule has 3 amide bonds. The molecule has 0 aliphatic carbocycles. The van der Waals surface area contributed by atoms with Gasteiger partial charge in [-0.25, -0.2) is 4.79 Å². The highest BCUT2D eigenvalue weighted by atomic mass is 127. The molecule has 188 valence electrons. The van der Waals surface area contributed by atoms with E-state index in [1.54, 1.807) is 48.5 Å². The monoisotopic (exact) mass is 740 g/mol. The third-order valence-corrected chi connectivity index (χ3v) is 7.65. The van der Waals surface area contributed by atoms with Crippen LogP contribution in [0.4, 0.5) is 10.5 Å². The molecule has 1 saturated heterocycles. The van der Waals surface area contributed by atoms with Gasteiger partial charge < -0.3 is 14.8 Å². The molecule has 0 unspecified atom stereocenters. The predicted molar refractivity (Wildman–Crippen MR) is 158 cm³/mol. The van der Waals surface area contributed by atoms with E-state index in [1.165, 1.54) is 13.2 Å². The molecule has 0 atom stereocenters. The second-order valence-electron chi connectivity index (χ2n) is 7.60. The summed E-state index contributed by atoms with van der Waals surface area (Å²) in [6.07, 6.45) is 1.52. The molecule has 37 heavy (non-hydrogen) atoms. The first-order valence-corrected chi connectivity index (χ1v) is 13.7. The predicted octanol–water partition coefficient (Wildman–Crippen LogP) is 5.80. The number of ether oxygens (including phenoxy) is 2. The van der Waals surface area contributed by atoms with E-state index in [9.17, 15) is 19.2 Å². The van der Waals surface area contributed by atoms with Crippen molar-refractivity contribution in [3.05, 3.63) is 89.9 Å². The number of anilines is 1. The minimum Gasteiger partial charge on any atom is -0.493 e. The molecule has 4 rings (SSSR count). The molecular weight excluding hydrogens is 722 g/mol. The Morgan fingerprint density at radius 2 is 1.73 bits per heavy atom. The van der Waals surface area contributed by atoms with Crippen molar-refractivity contribution >= 4 is 91.7 Å². The maximum absolute atomic E-state index is 12.8. The highest BCUT2D eigenvalue weighted by Crippen LogP contribution is 2.35. The van der Waals surface area contributed by atoms with Gasteiger partial charge in [-0.05, 0) is 117 Å². The summed E-state index contributed by atoms with van der Waals surface area (Å²) in [5, 5.41) is 2.14. The van der Waals surface area contributed by atoms with Crippen LogP contribution >= 0.6 is 56.9 Å². The van der Waals surface area contributed by atoms with Gasteiger partial charge in [0.2, 0.25) is 5.91 Å². The number of thioether (sulfide) groups is 1. The van der Waals surface area contributed by atoms with Gasteiger partial charge in [0.1, 0.15) is 6.54 Å². The SMILES string of the molecule is COc1cc(/C=C2\SC(=O)N(CC(=O)Nc3ccc(I)cc3)C2=O)ccc1OC(=O)c1ccccc1I. The van der Waals surface area contributed by atoms with Gasteiger partial charge in [0.25, 0.3) is 11.1 Å². The lowest BCUT2D eigenvalue weighted by Gasteiger charge is -2.12. The Morgan fingerprint density at radius 1 is 1.00 bits per heavy atom. The molecule has 0 bridgehead atoms. The average Bonchev–Trinajstić information content (AvgIpc) is 3.13. The van der Waals surface area contributed by atoms with Crippen LogP contribution in [-0.2, 0) is 9.59 Å². The molecule has 1 aliphatic rings. The summed E-state index contributed by atoms with van der Waals surface area (Å²) in [5.74, 6) is -1.08. The number of hydrogen-bond donors (Lipinski definition) is 1. The van der Waals surface area contributed by atoms with E-state index in [1.807, 2.05) is 18.2 Å². The number of nitrogens with one attached hydrogen (secondary N) is 1. The fourth-order valence-electron chi connectivity index (χ4n) is 3.30. The van der Waals surface area contributed by atoms with Crippen molar-refractivity contribution in [3.63, 3.8) is 0 Å². The first-order valence-electron chi connectivity index (χ1n) is 10.7. The Balaban J connectivity index is 1.46. The maximum Gasteiger partial charge on any atom is 0.344 e. The molecular formula is C26H18I2N2O6S. The summed E-state index contributed by atoms with van der Waals surface area (Å²) in [6.45, 7) is -0.398. The summed E-state index contributed by atoms with van der Waals surface area (Å²) < 4.78 is 12.7. The summed E-state index contributed by atoms with van der Waals surface area (Å²) in [5.41, 5.74) is 1.55. The number of rotatable bonds is 7. The third kappa shape index (κ3) is 6.70. The van der Waals surface area contributed by atoms with Crippen molar-refractivity contribution in [2.45, 2.75) is 0 Å².